The lowest BCUT2D eigenvalue weighted by molar-refractivity contribution is -0.148. The summed E-state index contributed by atoms with van der Waals surface area (Å²) in [5.41, 5.74) is 2.70. The summed E-state index contributed by atoms with van der Waals surface area (Å²) in [5, 5.41) is 0. The van der Waals surface area contributed by atoms with Gasteiger partial charge in [0.25, 0.3) is 0 Å². The molecule has 1 unspecified atom stereocenters. The maximum atomic E-state index is 11.9. The molecule has 2 aliphatic rings. The molecule has 1 heterocycles. The Morgan fingerprint density at radius 1 is 1.29 bits per heavy atom. The molecule has 1 aliphatic carbocycles. The third kappa shape index (κ3) is 1.95. The molecule has 1 atom stereocenters. The molecule has 3 nitrogen and oxygen atoms in total. The highest BCUT2D eigenvalue weighted by Crippen LogP contribution is 2.38. The van der Waals surface area contributed by atoms with Gasteiger partial charge in [0.15, 0.2) is 0 Å². The van der Waals surface area contributed by atoms with Crippen LogP contribution >= 0.6 is 0 Å². The lowest BCUT2D eigenvalue weighted by Crippen LogP contribution is -2.40. The molecule has 0 radical (unpaired) electrons. The minimum atomic E-state index is -0.0692. The first-order valence-electron chi connectivity index (χ1n) is 6.18. The Morgan fingerprint density at radius 3 is 2.35 bits per heavy atom. The Kier molecular flexibility index (Phi) is 2.63. The van der Waals surface area contributed by atoms with E-state index in [1.165, 1.54) is 18.2 Å². The molecule has 0 N–H and O–H groups in total. The van der Waals surface area contributed by atoms with Crippen molar-refractivity contribution in [1.82, 2.24) is 4.90 Å². The van der Waals surface area contributed by atoms with E-state index in [0.29, 0.717) is 5.92 Å². The van der Waals surface area contributed by atoms with Gasteiger partial charge in [-0.2, -0.15) is 0 Å². The van der Waals surface area contributed by atoms with Crippen molar-refractivity contribution in [2.24, 2.45) is 5.92 Å². The number of ether oxygens (including phenoxy) is 1. The second-order valence-corrected chi connectivity index (χ2v) is 4.98. The molecule has 1 aromatic carbocycles. The van der Waals surface area contributed by atoms with Crippen LogP contribution in [0.2, 0.25) is 0 Å². The van der Waals surface area contributed by atoms with Gasteiger partial charge in [0.1, 0.15) is 6.04 Å². The fraction of sp³-hybridized carbons (Fsp3) is 0.500. The molecule has 17 heavy (non-hydrogen) atoms. The molecule has 0 saturated heterocycles. The summed E-state index contributed by atoms with van der Waals surface area (Å²) in [4.78, 5) is 14.1. The highest BCUT2D eigenvalue weighted by Gasteiger charge is 2.42. The maximum absolute atomic E-state index is 11.9. The topological polar surface area (TPSA) is 29.5 Å². The molecule has 3 heteroatoms. The molecule has 0 spiro atoms. The SMILES string of the molecule is COC(=O)C(C1CC1)N1Cc2ccccc2C1. The average Bonchev–Trinajstić information content (AvgIpc) is 3.08. The van der Waals surface area contributed by atoms with Crippen molar-refractivity contribution in [2.75, 3.05) is 7.11 Å². The third-order valence-corrected chi connectivity index (χ3v) is 3.77. The highest BCUT2D eigenvalue weighted by atomic mass is 16.5. The summed E-state index contributed by atoms with van der Waals surface area (Å²) in [7, 11) is 1.49. The van der Waals surface area contributed by atoms with E-state index in [1.807, 2.05) is 0 Å². The Morgan fingerprint density at radius 2 is 1.88 bits per heavy atom. The summed E-state index contributed by atoms with van der Waals surface area (Å²) in [5.74, 6) is 0.442. The van der Waals surface area contributed by atoms with Crippen molar-refractivity contribution in [3.63, 3.8) is 0 Å². The standard InChI is InChI=1S/C14H17NO2/c1-17-14(16)13(10-6-7-10)15-8-11-4-2-3-5-12(11)9-15/h2-5,10,13H,6-9H2,1H3. The summed E-state index contributed by atoms with van der Waals surface area (Å²) in [6.45, 7) is 1.76. The Balaban J connectivity index is 1.79. The number of benzene rings is 1. The van der Waals surface area contributed by atoms with Crippen LogP contribution in [0.4, 0.5) is 0 Å². The first kappa shape index (κ1) is 10.8. The predicted molar refractivity (Wildman–Crippen MR) is 64.2 cm³/mol. The molecular weight excluding hydrogens is 214 g/mol. The van der Waals surface area contributed by atoms with Gasteiger partial charge in [0.2, 0.25) is 0 Å². The number of carbonyl (C=O) groups is 1. The van der Waals surface area contributed by atoms with Crippen LogP contribution in [0.3, 0.4) is 0 Å². The van der Waals surface area contributed by atoms with Crippen LogP contribution in [-0.2, 0) is 22.6 Å². The number of nitrogens with zero attached hydrogens (tertiary/aromatic N) is 1. The molecule has 0 aromatic heterocycles. The zero-order valence-electron chi connectivity index (χ0n) is 10.1. The zero-order chi connectivity index (χ0) is 11.8. The smallest absolute Gasteiger partial charge is 0.323 e. The first-order chi connectivity index (χ1) is 8.29. The molecule has 1 aromatic rings. The van der Waals surface area contributed by atoms with Gasteiger partial charge in [-0.1, -0.05) is 24.3 Å². The number of fused-ring (bicyclic) bond motifs is 1. The Labute approximate surface area is 101 Å². The molecule has 90 valence electrons. The number of carbonyl (C=O) groups excluding carboxylic acids is 1. The average molecular weight is 231 g/mol. The fourth-order valence-electron chi connectivity index (χ4n) is 2.73. The van der Waals surface area contributed by atoms with Gasteiger partial charge < -0.3 is 4.74 Å². The maximum Gasteiger partial charge on any atom is 0.323 e. The summed E-state index contributed by atoms with van der Waals surface area (Å²) < 4.78 is 4.94. The van der Waals surface area contributed by atoms with Crippen molar-refractivity contribution in [3.8, 4) is 0 Å². The third-order valence-electron chi connectivity index (χ3n) is 3.77. The lowest BCUT2D eigenvalue weighted by atomic mass is 10.1. The van der Waals surface area contributed by atoms with Crippen LogP contribution in [0.25, 0.3) is 0 Å². The number of hydrogen-bond acceptors (Lipinski definition) is 3. The molecule has 1 saturated carbocycles. The number of hydrogen-bond donors (Lipinski definition) is 0. The van der Waals surface area contributed by atoms with Gasteiger partial charge in [0.05, 0.1) is 7.11 Å². The predicted octanol–water partition coefficient (Wildman–Crippen LogP) is 1.95. The molecule has 0 bridgehead atoms. The van der Waals surface area contributed by atoms with E-state index in [-0.39, 0.29) is 12.0 Å². The van der Waals surface area contributed by atoms with Gasteiger partial charge in [0, 0.05) is 13.1 Å². The van der Waals surface area contributed by atoms with Crippen molar-refractivity contribution in [3.05, 3.63) is 35.4 Å². The van der Waals surface area contributed by atoms with Crippen LogP contribution in [-0.4, -0.2) is 24.0 Å². The van der Waals surface area contributed by atoms with E-state index >= 15 is 0 Å². The van der Waals surface area contributed by atoms with Crippen LogP contribution in [0, 0.1) is 5.92 Å². The summed E-state index contributed by atoms with van der Waals surface area (Å²) in [6, 6.07) is 8.39. The normalized spacial score (nSPS) is 21.0. The fourth-order valence-corrected chi connectivity index (χ4v) is 2.73. The van der Waals surface area contributed by atoms with Crippen molar-refractivity contribution in [1.29, 1.82) is 0 Å². The van der Waals surface area contributed by atoms with E-state index < -0.39 is 0 Å². The minimum absolute atomic E-state index is 0.0348. The second kappa shape index (κ2) is 4.15. The molecule has 1 fully saturated rings. The van der Waals surface area contributed by atoms with Gasteiger partial charge in [-0.15, -0.1) is 0 Å². The van der Waals surface area contributed by atoms with Crippen molar-refractivity contribution >= 4 is 5.97 Å². The number of methoxy groups -OCH3 is 1. The van der Waals surface area contributed by atoms with Gasteiger partial charge in [-0.05, 0) is 29.9 Å². The molecule has 0 amide bonds. The van der Waals surface area contributed by atoms with Crippen LogP contribution in [0.15, 0.2) is 24.3 Å². The van der Waals surface area contributed by atoms with Crippen LogP contribution in [0.1, 0.15) is 24.0 Å². The lowest BCUT2D eigenvalue weighted by Gasteiger charge is -2.24. The van der Waals surface area contributed by atoms with E-state index in [4.69, 9.17) is 4.74 Å². The zero-order valence-corrected chi connectivity index (χ0v) is 10.1. The van der Waals surface area contributed by atoms with Gasteiger partial charge >= 0.3 is 5.97 Å². The van der Waals surface area contributed by atoms with Crippen LogP contribution in [0.5, 0.6) is 0 Å². The van der Waals surface area contributed by atoms with E-state index in [0.717, 1.165) is 25.9 Å². The quantitative estimate of drug-likeness (QED) is 0.745. The van der Waals surface area contributed by atoms with Crippen LogP contribution < -0.4 is 0 Å². The van der Waals surface area contributed by atoms with Gasteiger partial charge in [-0.3, -0.25) is 9.69 Å². The monoisotopic (exact) mass is 231 g/mol. The Bertz CT molecular complexity index is 415. The largest absolute Gasteiger partial charge is 0.468 e. The molecular formula is C14H17NO2. The van der Waals surface area contributed by atoms with E-state index in [1.54, 1.807) is 0 Å². The Hall–Kier alpha value is -1.35. The first-order valence-corrected chi connectivity index (χ1v) is 6.18. The summed E-state index contributed by atoms with van der Waals surface area (Å²) >= 11 is 0. The summed E-state index contributed by atoms with van der Waals surface area (Å²) in [6.07, 6.45) is 2.32. The second-order valence-electron chi connectivity index (χ2n) is 4.98. The minimum Gasteiger partial charge on any atom is -0.468 e. The van der Waals surface area contributed by atoms with Crippen molar-refractivity contribution in [2.45, 2.75) is 32.0 Å². The molecule has 3 rings (SSSR count). The number of rotatable bonds is 3. The molecule has 1 aliphatic heterocycles. The number of esters is 1. The van der Waals surface area contributed by atoms with Gasteiger partial charge in [-0.25, -0.2) is 0 Å². The van der Waals surface area contributed by atoms with Crippen molar-refractivity contribution < 1.29 is 9.53 Å². The van der Waals surface area contributed by atoms with E-state index in [9.17, 15) is 4.79 Å². The highest BCUT2D eigenvalue weighted by molar-refractivity contribution is 5.76. The van der Waals surface area contributed by atoms with E-state index in [2.05, 4.69) is 29.2 Å².